The second-order valence-electron chi connectivity index (χ2n) is 8.02. The molecule has 2 heterocycles. The quantitative estimate of drug-likeness (QED) is 0.672. The maximum atomic E-state index is 11.3. The molecule has 5 nitrogen and oxygen atoms in total. The average molecular weight is 400 g/mol. The summed E-state index contributed by atoms with van der Waals surface area (Å²) in [6, 6.07) is 8.10. The Morgan fingerprint density at radius 3 is 2.68 bits per heavy atom. The van der Waals surface area contributed by atoms with Gasteiger partial charge in [0.05, 0.1) is 12.2 Å². The second kappa shape index (κ2) is 8.08. The van der Waals surface area contributed by atoms with Gasteiger partial charge in [0, 0.05) is 25.3 Å². The van der Waals surface area contributed by atoms with Crippen LogP contribution in [-0.4, -0.2) is 34.9 Å². The molecule has 6 heteroatoms. The molecular weight excluding hydrogens is 374 g/mol. The predicted molar refractivity (Wildman–Crippen MR) is 110 cm³/mol. The van der Waals surface area contributed by atoms with Crippen LogP contribution < -0.4 is 9.64 Å². The van der Waals surface area contributed by atoms with Crippen LogP contribution in [0.25, 0.3) is 0 Å². The van der Waals surface area contributed by atoms with Crippen LogP contribution in [-0.2, 0) is 4.79 Å². The van der Waals surface area contributed by atoms with Gasteiger partial charge in [0.15, 0.2) is 5.82 Å². The molecule has 1 aliphatic heterocycles. The van der Waals surface area contributed by atoms with Crippen LogP contribution in [0.5, 0.6) is 5.75 Å². The molecule has 0 N–H and O–H groups in total. The number of carbonyl (C=O) groups excluding carboxylic acids is 1. The molecule has 0 spiro atoms. The molecule has 1 saturated carbocycles. The minimum absolute atomic E-state index is 0.107. The van der Waals surface area contributed by atoms with Gasteiger partial charge in [-0.15, -0.1) is 0 Å². The SMILES string of the molecule is CC(=O)C[C@@H](C)c1ccc(O[C@@H]2CCN(c3ncnc(C4CC4)c3Cl)C2)cc1. The Labute approximate surface area is 171 Å². The smallest absolute Gasteiger partial charge is 0.151 e. The number of nitrogens with zero attached hydrogens (tertiary/aromatic N) is 3. The van der Waals surface area contributed by atoms with E-state index in [1.165, 1.54) is 12.8 Å². The summed E-state index contributed by atoms with van der Waals surface area (Å²) < 4.78 is 6.18. The van der Waals surface area contributed by atoms with Crippen LogP contribution in [0.2, 0.25) is 5.02 Å². The number of halogens is 1. The standard InChI is InChI=1S/C22H26ClN3O2/c1-14(11-15(2)27)16-5-7-18(8-6-16)28-19-9-10-26(12-19)22-20(23)21(17-3-4-17)24-13-25-22/h5-8,13-14,17,19H,3-4,9-12H2,1-2H3/t14-,19-/m1/s1. The number of hydrogen-bond acceptors (Lipinski definition) is 5. The van der Waals surface area contributed by atoms with E-state index in [9.17, 15) is 4.79 Å². The molecule has 1 aromatic carbocycles. The Morgan fingerprint density at radius 2 is 2.00 bits per heavy atom. The monoisotopic (exact) mass is 399 g/mol. The molecule has 1 saturated heterocycles. The summed E-state index contributed by atoms with van der Waals surface area (Å²) >= 11 is 6.58. The van der Waals surface area contributed by atoms with E-state index < -0.39 is 0 Å². The fourth-order valence-corrected chi connectivity index (χ4v) is 4.24. The van der Waals surface area contributed by atoms with Gasteiger partial charge in [-0.2, -0.15) is 0 Å². The van der Waals surface area contributed by atoms with Gasteiger partial charge in [0.2, 0.25) is 0 Å². The molecule has 2 aliphatic rings. The molecule has 148 valence electrons. The Bertz CT molecular complexity index is 851. The molecule has 2 fully saturated rings. The molecule has 28 heavy (non-hydrogen) atoms. The van der Waals surface area contributed by atoms with E-state index in [1.807, 2.05) is 12.1 Å². The predicted octanol–water partition coefficient (Wildman–Crippen LogP) is 4.75. The minimum atomic E-state index is 0.107. The number of benzene rings is 1. The van der Waals surface area contributed by atoms with E-state index in [-0.39, 0.29) is 17.8 Å². The highest BCUT2D eigenvalue weighted by atomic mass is 35.5. The third kappa shape index (κ3) is 4.30. The number of anilines is 1. The first-order valence-electron chi connectivity index (χ1n) is 10.0. The Kier molecular flexibility index (Phi) is 5.54. The highest BCUT2D eigenvalue weighted by molar-refractivity contribution is 6.33. The van der Waals surface area contributed by atoms with E-state index in [0.29, 0.717) is 17.4 Å². The molecule has 2 aromatic rings. The number of ketones is 1. The first-order chi connectivity index (χ1) is 13.5. The van der Waals surface area contributed by atoms with Gasteiger partial charge in [-0.05, 0) is 43.4 Å². The van der Waals surface area contributed by atoms with Crippen LogP contribution >= 0.6 is 11.6 Å². The summed E-state index contributed by atoms with van der Waals surface area (Å²) in [6.07, 6.45) is 5.58. The average Bonchev–Trinajstić information content (AvgIpc) is 3.41. The van der Waals surface area contributed by atoms with Crippen molar-refractivity contribution in [3.05, 3.63) is 46.9 Å². The zero-order valence-corrected chi connectivity index (χ0v) is 17.2. The van der Waals surface area contributed by atoms with Gasteiger partial charge in [0.1, 0.15) is 29.0 Å². The number of ether oxygens (including phenoxy) is 1. The maximum Gasteiger partial charge on any atom is 0.151 e. The third-order valence-electron chi connectivity index (χ3n) is 5.55. The summed E-state index contributed by atoms with van der Waals surface area (Å²) in [5, 5.41) is 0.703. The molecule has 1 aromatic heterocycles. The highest BCUT2D eigenvalue weighted by Gasteiger charge is 2.32. The van der Waals surface area contributed by atoms with Crippen molar-refractivity contribution < 1.29 is 9.53 Å². The van der Waals surface area contributed by atoms with Crippen molar-refractivity contribution in [2.75, 3.05) is 18.0 Å². The first kappa shape index (κ1) is 19.2. The number of carbonyl (C=O) groups is 1. The molecule has 4 rings (SSSR count). The van der Waals surface area contributed by atoms with Crippen LogP contribution in [0.3, 0.4) is 0 Å². The highest BCUT2D eigenvalue weighted by Crippen LogP contribution is 2.44. The molecule has 0 radical (unpaired) electrons. The van der Waals surface area contributed by atoms with Crippen molar-refractivity contribution in [3.8, 4) is 5.75 Å². The minimum Gasteiger partial charge on any atom is -0.489 e. The summed E-state index contributed by atoms with van der Waals surface area (Å²) in [7, 11) is 0. The van der Waals surface area contributed by atoms with Crippen LogP contribution in [0, 0.1) is 0 Å². The molecular formula is C22H26ClN3O2. The van der Waals surface area contributed by atoms with Crippen molar-refractivity contribution in [3.63, 3.8) is 0 Å². The van der Waals surface area contributed by atoms with Crippen molar-refractivity contribution in [1.82, 2.24) is 9.97 Å². The Balaban J connectivity index is 1.37. The topological polar surface area (TPSA) is 55.3 Å². The van der Waals surface area contributed by atoms with Crippen molar-refractivity contribution in [1.29, 1.82) is 0 Å². The number of rotatable bonds is 7. The number of hydrogen-bond donors (Lipinski definition) is 0. The van der Waals surface area contributed by atoms with E-state index in [1.54, 1.807) is 13.3 Å². The van der Waals surface area contributed by atoms with E-state index in [4.69, 9.17) is 16.3 Å². The lowest BCUT2D eigenvalue weighted by Crippen LogP contribution is -2.25. The maximum absolute atomic E-state index is 11.3. The van der Waals surface area contributed by atoms with Gasteiger partial charge in [-0.25, -0.2) is 9.97 Å². The van der Waals surface area contributed by atoms with Crippen molar-refractivity contribution >= 4 is 23.2 Å². The Hall–Kier alpha value is -2.14. The zero-order valence-electron chi connectivity index (χ0n) is 16.4. The second-order valence-corrected chi connectivity index (χ2v) is 8.40. The third-order valence-corrected chi connectivity index (χ3v) is 5.91. The van der Waals surface area contributed by atoms with Gasteiger partial charge >= 0.3 is 0 Å². The molecule has 2 atom stereocenters. The lowest BCUT2D eigenvalue weighted by Gasteiger charge is -2.20. The largest absolute Gasteiger partial charge is 0.489 e. The summed E-state index contributed by atoms with van der Waals surface area (Å²) in [5.74, 6) is 2.64. The molecule has 0 amide bonds. The Morgan fingerprint density at radius 1 is 1.25 bits per heavy atom. The zero-order chi connectivity index (χ0) is 19.7. The van der Waals surface area contributed by atoms with Gasteiger partial charge in [0.25, 0.3) is 0 Å². The van der Waals surface area contributed by atoms with Gasteiger partial charge in [-0.3, -0.25) is 0 Å². The van der Waals surface area contributed by atoms with Crippen molar-refractivity contribution in [2.24, 2.45) is 0 Å². The first-order valence-corrected chi connectivity index (χ1v) is 10.4. The van der Waals surface area contributed by atoms with E-state index >= 15 is 0 Å². The lowest BCUT2D eigenvalue weighted by atomic mass is 9.96. The fourth-order valence-electron chi connectivity index (χ4n) is 3.87. The number of aromatic nitrogens is 2. The normalized spacial score (nSPS) is 20.2. The van der Waals surface area contributed by atoms with Crippen LogP contribution in [0.15, 0.2) is 30.6 Å². The van der Waals surface area contributed by atoms with Crippen LogP contribution in [0.1, 0.15) is 62.6 Å². The number of Topliss-reactive ketones (excluding diaryl/α,β-unsaturated/α-hetero) is 1. The molecule has 0 bridgehead atoms. The van der Waals surface area contributed by atoms with E-state index in [2.05, 4.69) is 33.9 Å². The summed E-state index contributed by atoms with van der Waals surface area (Å²) in [5.41, 5.74) is 2.15. The summed E-state index contributed by atoms with van der Waals surface area (Å²) in [6.45, 7) is 5.35. The summed E-state index contributed by atoms with van der Waals surface area (Å²) in [4.78, 5) is 22.3. The fraction of sp³-hybridized carbons (Fsp3) is 0.500. The van der Waals surface area contributed by atoms with Crippen LogP contribution in [0.4, 0.5) is 5.82 Å². The molecule has 0 unspecified atom stereocenters. The molecule has 1 aliphatic carbocycles. The van der Waals surface area contributed by atoms with E-state index in [0.717, 1.165) is 42.3 Å². The van der Waals surface area contributed by atoms with Gasteiger partial charge in [-0.1, -0.05) is 30.7 Å². The lowest BCUT2D eigenvalue weighted by molar-refractivity contribution is -0.117. The van der Waals surface area contributed by atoms with Crippen molar-refractivity contribution in [2.45, 2.75) is 57.5 Å². The van der Waals surface area contributed by atoms with Gasteiger partial charge < -0.3 is 14.4 Å².